The van der Waals surface area contributed by atoms with Gasteiger partial charge < -0.3 is 20.5 Å². The van der Waals surface area contributed by atoms with Crippen LogP contribution in [-0.4, -0.2) is 37.2 Å². The molecule has 1 unspecified atom stereocenters. The molecule has 0 spiro atoms. The summed E-state index contributed by atoms with van der Waals surface area (Å²) in [7, 11) is 1.56. The quantitative estimate of drug-likeness (QED) is 0.787. The van der Waals surface area contributed by atoms with Gasteiger partial charge in [-0.1, -0.05) is 0 Å². The fourth-order valence-corrected chi connectivity index (χ4v) is 2.97. The summed E-state index contributed by atoms with van der Waals surface area (Å²) >= 11 is 1.59. The van der Waals surface area contributed by atoms with Crippen LogP contribution in [0.4, 0.5) is 11.4 Å². The number of nitrogen functional groups attached to an aromatic ring is 1. The molecule has 1 amide bonds. The summed E-state index contributed by atoms with van der Waals surface area (Å²) in [6.07, 6.45) is 2.52. The predicted octanol–water partition coefficient (Wildman–Crippen LogP) is 2.13. The van der Waals surface area contributed by atoms with Gasteiger partial charge in [0.05, 0.1) is 24.7 Å². The normalized spacial score (nSPS) is 17.9. The van der Waals surface area contributed by atoms with Gasteiger partial charge in [0.2, 0.25) is 5.91 Å². The van der Waals surface area contributed by atoms with Crippen molar-refractivity contribution in [3.8, 4) is 5.75 Å². The number of carbonyl (C=O) groups is 1. The fourth-order valence-electron chi connectivity index (χ4n) is 2.07. The van der Waals surface area contributed by atoms with Crippen LogP contribution in [0.15, 0.2) is 18.2 Å². The molecule has 1 heterocycles. The van der Waals surface area contributed by atoms with E-state index in [0.29, 0.717) is 29.0 Å². The topological polar surface area (TPSA) is 73.6 Å². The van der Waals surface area contributed by atoms with E-state index in [1.807, 2.05) is 0 Å². The molecule has 6 heteroatoms. The molecule has 1 saturated heterocycles. The smallest absolute Gasteiger partial charge is 0.234 e. The van der Waals surface area contributed by atoms with Gasteiger partial charge in [0.1, 0.15) is 5.75 Å². The second kappa shape index (κ2) is 7.40. The van der Waals surface area contributed by atoms with Gasteiger partial charge in [-0.25, -0.2) is 0 Å². The minimum Gasteiger partial charge on any atom is -0.495 e. The summed E-state index contributed by atoms with van der Waals surface area (Å²) in [5, 5.41) is 2.82. The molecule has 110 valence electrons. The van der Waals surface area contributed by atoms with Crippen LogP contribution in [0.5, 0.6) is 5.75 Å². The summed E-state index contributed by atoms with van der Waals surface area (Å²) in [5.41, 5.74) is 6.91. The number of amides is 1. The molecule has 1 atom stereocenters. The molecule has 0 saturated carbocycles. The first-order valence-corrected chi connectivity index (χ1v) is 7.77. The van der Waals surface area contributed by atoms with Crippen LogP contribution in [-0.2, 0) is 9.53 Å². The van der Waals surface area contributed by atoms with Gasteiger partial charge in [0.15, 0.2) is 0 Å². The van der Waals surface area contributed by atoms with Crippen LogP contribution >= 0.6 is 11.8 Å². The molecule has 2 rings (SSSR count). The van der Waals surface area contributed by atoms with E-state index in [9.17, 15) is 4.79 Å². The number of nitrogens with two attached hydrogens (primary N) is 1. The molecular formula is C14H20N2O3S. The Balaban J connectivity index is 1.80. The second-order valence-corrected chi connectivity index (χ2v) is 5.69. The maximum Gasteiger partial charge on any atom is 0.234 e. The third kappa shape index (κ3) is 4.31. The molecular weight excluding hydrogens is 276 g/mol. The van der Waals surface area contributed by atoms with Crippen molar-refractivity contribution in [1.29, 1.82) is 0 Å². The van der Waals surface area contributed by atoms with E-state index in [4.69, 9.17) is 15.2 Å². The summed E-state index contributed by atoms with van der Waals surface area (Å²) in [6, 6.07) is 5.17. The first-order chi connectivity index (χ1) is 9.69. The molecule has 0 aromatic heterocycles. The van der Waals surface area contributed by atoms with Crippen LogP contribution in [0.3, 0.4) is 0 Å². The van der Waals surface area contributed by atoms with E-state index in [1.54, 1.807) is 37.1 Å². The van der Waals surface area contributed by atoms with E-state index in [2.05, 4.69) is 5.32 Å². The van der Waals surface area contributed by atoms with Crippen LogP contribution in [0.25, 0.3) is 0 Å². The highest BCUT2D eigenvalue weighted by molar-refractivity contribution is 8.00. The van der Waals surface area contributed by atoms with Gasteiger partial charge in [-0.15, -0.1) is 11.8 Å². The summed E-state index contributed by atoms with van der Waals surface area (Å²) in [5.74, 6) is 1.81. The van der Waals surface area contributed by atoms with Gasteiger partial charge >= 0.3 is 0 Å². The number of ether oxygens (including phenoxy) is 2. The Labute approximate surface area is 123 Å². The largest absolute Gasteiger partial charge is 0.495 e. The van der Waals surface area contributed by atoms with E-state index >= 15 is 0 Å². The number of hydrogen-bond acceptors (Lipinski definition) is 5. The fraction of sp³-hybridized carbons (Fsp3) is 0.500. The van der Waals surface area contributed by atoms with Crippen molar-refractivity contribution >= 4 is 29.0 Å². The lowest BCUT2D eigenvalue weighted by atomic mass is 10.2. The van der Waals surface area contributed by atoms with E-state index in [-0.39, 0.29) is 5.91 Å². The zero-order valence-corrected chi connectivity index (χ0v) is 12.4. The first-order valence-electron chi connectivity index (χ1n) is 6.61. The average Bonchev–Trinajstić information content (AvgIpc) is 2.92. The number of methoxy groups -OCH3 is 1. The second-order valence-electron chi connectivity index (χ2n) is 4.66. The van der Waals surface area contributed by atoms with E-state index in [1.165, 1.54) is 0 Å². The molecule has 5 nitrogen and oxygen atoms in total. The van der Waals surface area contributed by atoms with Gasteiger partial charge in [-0.05, 0) is 31.0 Å². The first kappa shape index (κ1) is 15.0. The summed E-state index contributed by atoms with van der Waals surface area (Å²) in [6.45, 7) is 0.845. The minimum atomic E-state index is -0.0584. The average molecular weight is 296 g/mol. The van der Waals surface area contributed by atoms with Crippen molar-refractivity contribution in [2.24, 2.45) is 0 Å². The molecule has 1 aliphatic heterocycles. The van der Waals surface area contributed by atoms with Crippen LogP contribution in [0.1, 0.15) is 12.8 Å². The Morgan fingerprint density at radius 1 is 1.60 bits per heavy atom. The molecule has 3 N–H and O–H groups in total. The van der Waals surface area contributed by atoms with E-state index in [0.717, 1.165) is 25.2 Å². The van der Waals surface area contributed by atoms with Crippen molar-refractivity contribution in [3.63, 3.8) is 0 Å². The SMILES string of the molecule is COc1ccc(N)cc1NC(=O)CSCC1CCCO1. The number of carbonyl (C=O) groups excluding carboxylic acids is 1. The number of anilines is 2. The van der Waals surface area contributed by atoms with Gasteiger partial charge in [0, 0.05) is 18.0 Å². The Kier molecular flexibility index (Phi) is 5.55. The molecule has 1 aromatic carbocycles. The number of benzene rings is 1. The highest BCUT2D eigenvalue weighted by Gasteiger charge is 2.16. The molecule has 0 bridgehead atoms. The summed E-state index contributed by atoms with van der Waals surface area (Å²) in [4.78, 5) is 11.9. The standard InChI is InChI=1S/C14H20N2O3S/c1-18-13-5-4-10(15)7-12(13)16-14(17)9-20-8-11-3-2-6-19-11/h4-5,7,11H,2-3,6,8-9,15H2,1H3,(H,16,17). The molecule has 1 fully saturated rings. The van der Waals surface area contributed by atoms with Crippen molar-refractivity contribution < 1.29 is 14.3 Å². The van der Waals surface area contributed by atoms with Crippen LogP contribution < -0.4 is 15.8 Å². The maximum atomic E-state index is 11.9. The van der Waals surface area contributed by atoms with Gasteiger partial charge in [-0.2, -0.15) is 0 Å². The lowest BCUT2D eigenvalue weighted by Crippen LogP contribution is -2.17. The van der Waals surface area contributed by atoms with Crippen molar-refractivity contribution in [2.45, 2.75) is 18.9 Å². The zero-order valence-electron chi connectivity index (χ0n) is 11.6. The Hall–Kier alpha value is -1.40. The van der Waals surface area contributed by atoms with Crippen molar-refractivity contribution in [3.05, 3.63) is 18.2 Å². The Morgan fingerprint density at radius 2 is 2.45 bits per heavy atom. The van der Waals surface area contributed by atoms with Crippen LogP contribution in [0, 0.1) is 0 Å². The van der Waals surface area contributed by atoms with Crippen molar-refractivity contribution in [1.82, 2.24) is 0 Å². The lowest BCUT2D eigenvalue weighted by molar-refractivity contribution is -0.113. The number of thioether (sulfide) groups is 1. The lowest BCUT2D eigenvalue weighted by Gasteiger charge is -2.11. The molecule has 20 heavy (non-hydrogen) atoms. The van der Waals surface area contributed by atoms with Crippen molar-refractivity contribution in [2.75, 3.05) is 36.3 Å². The molecule has 0 aliphatic carbocycles. The molecule has 0 radical (unpaired) electrons. The van der Waals surface area contributed by atoms with Gasteiger partial charge in [0.25, 0.3) is 0 Å². The Morgan fingerprint density at radius 3 is 3.15 bits per heavy atom. The monoisotopic (exact) mass is 296 g/mol. The predicted molar refractivity (Wildman–Crippen MR) is 82.3 cm³/mol. The van der Waals surface area contributed by atoms with Crippen LogP contribution in [0.2, 0.25) is 0 Å². The van der Waals surface area contributed by atoms with E-state index < -0.39 is 0 Å². The van der Waals surface area contributed by atoms with Gasteiger partial charge in [-0.3, -0.25) is 4.79 Å². The number of nitrogens with one attached hydrogen (secondary N) is 1. The molecule has 1 aromatic rings. The summed E-state index contributed by atoms with van der Waals surface area (Å²) < 4.78 is 10.7. The maximum absolute atomic E-state index is 11.9. The number of rotatable bonds is 6. The highest BCUT2D eigenvalue weighted by Crippen LogP contribution is 2.26. The Bertz CT molecular complexity index is 462. The minimum absolute atomic E-state index is 0.0584. The zero-order chi connectivity index (χ0) is 14.4. The number of hydrogen-bond donors (Lipinski definition) is 2. The molecule has 1 aliphatic rings. The third-order valence-corrected chi connectivity index (χ3v) is 4.13. The third-order valence-electron chi connectivity index (χ3n) is 3.06. The highest BCUT2D eigenvalue weighted by atomic mass is 32.2.